The zero-order valence-corrected chi connectivity index (χ0v) is 12.6. The number of fused-ring (bicyclic) bond motifs is 1. The Kier molecular flexibility index (Phi) is 3.98. The topological polar surface area (TPSA) is 51.2 Å². The number of anilines is 1. The van der Waals surface area contributed by atoms with Crippen LogP contribution in [0.15, 0.2) is 0 Å². The van der Waals surface area contributed by atoms with Crippen LogP contribution in [-0.4, -0.2) is 35.1 Å². The number of thioether (sulfide) groups is 1. The molecule has 1 saturated heterocycles. The van der Waals surface area contributed by atoms with Gasteiger partial charge in [-0.2, -0.15) is 11.8 Å². The number of nitrogens with zero attached hydrogens (tertiary/aromatic N) is 1. The summed E-state index contributed by atoms with van der Waals surface area (Å²) in [6.45, 7) is 2.29. The molecule has 0 radical (unpaired) electrons. The second-order valence-electron chi connectivity index (χ2n) is 4.88. The molecule has 0 aromatic carbocycles. The molecule has 1 fully saturated rings. The van der Waals surface area contributed by atoms with Crippen molar-refractivity contribution in [2.45, 2.75) is 38.1 Å². The van der Waals surface area contributed by atoms with Crippen molar-refractivity contribution in [1.29, 1.82) is 0 Å². The number of ether oxygens (including phenoxy) is 1. The molecule has 2 atom stereocenters. The van der Waals surface area contributed by atoms with Gasteiger partial charge in [0.2, 0.25) is 0 Å². The lowest BCUT2D eigenvalue weighted by Crippen LogP contribution is -2.18. The molecule has 0 spiro atoms. The highest BCUT2D eigenvalue weighted by Gasteiger charge is 2.33. The minimum absolute atomic E-state index is 0.116. The van der Waals surface area contributed by atoms with E-state index in [2.05, 4.69) is 10.3 Å². The fourth-order valence-corrected chi connectivity index (χ4v) is 4.85. The van der Waals surface area contributed by atoms with E-state index in [0.29, 0.717) is 12.6 Å². The van der Waals surface area contributed by atoms with Crippen LogP contribution in [0.25, 0.3) is 0 Å². The van der Waals surface area contributed by atoms with Gasteiger partial charge in [-0.1, -0.05) is 0 Å². The summed E-state index contributed by atoms with van der Waals surface area (Å²) in [7, 11) is 0. The molecule has 1 aliphatic carbocycles. The number of esters is 1. The second kappa shape index (κ2) is 5.71. The minimum atomic E-state index is -0.139. The number of hydrogen-bond donors (Lipinski definition) is 1. The Labute approximate surface area is 121 Å². The van der Waals surface area contributed by atoms with Gasteiger partial charge in [0, 0.05) is 16.7 Å². The maximum atomic E-state index is 11.9. The predicted molar refractivity (Wildman–Crippen MR) is 79.2 cm³/mol. The maximum absolute atomic E-state index is 11.9. The van der Waals surface area contributed by atoms with Gasteiger partial charge in [-0.05, 0) is 31.9 Å². The molecule has 0 saturated carbocycles. The zero-order chi connectivity index (χ0) is 13.2. The summed E-state index contributed by atoms with van der Waals surface area (Å²) >= 11 is 3.69. The summed E-state index contributed by atoms with van der Waals surface area (Å²) in [6.07, 6.45) is 3.01. The van der Waals surface area contributed by atoms with Gasteiger partial charge in [-0.3, -0.25) is 4.79 Å². The zero-order valence-electron chi connectivity index (χ0n) is 11.0. The first-order chi connectivity index (χ1) is 9.28. The van der Waals surface area contributed by atoms with Gasteiger partial charge in [-0.25, -0.2) is 4.98 Å². The van der Waals surface area contributed by atoms with Crippen molar-refractivity contribution < 1.29 is 9.53 Å². The Morgan fingerprint density at radius 1 is 1.53 bits per heavy atom. The molecule has 3 rings (SSSR count). The monoisotopic (exact) mass is 298 g/mol. The van der Waals surface area contributed by atoms with Gasteiger partial charge in [0.25, 0.3) is 0 Å². The van der Waals surface area contributed by atoms with Gasteiger partial charge < -0.3 is 10.1 Å². The Hall–Kier alpha value is -0.750. The first-order valence-electron chi connectivity index (χ1n) is 6.78. The highest BCUT2D eigenvalue weighted by Crippen LogP contribution is 2.39. The van der Waals surface area contributed by atoms with Crippen LogP contribution in [0.2, 0.25) is 0 Å². The summed E-state index contributed by atoms with van der Waals surface area (Å²) in [5, 5.41) is 4.47. The quantitative estimate of drug-likeness (QED) is 0.866. The van der Waals surface area contributed by atoms with E-state index in [1.807, 2.05) is 18.7 Å². The number of aryl methyl sites for hydroxylation is 1. The Morgan fingerprint density at radius 2 is 2.42 bits per heavy atom. The first-order valence-corrected chi connectivity index (χ1v) is 8.75. The standard InChI is InChI=1S/C13H18N2O2S2/c1-2-17-12(16)9-3-4-10-11(9)15-13(19-10)14-8-5-6-18-7-8/h8-9H,2-7H2,1H3,(H,14,15). The van der Waals surface area contributed by atoms with Gasteiger partial charge in [-0.15, -0.1) is 11.3 Å². The van der Waals surface area contributed by atoms with Crippen molar-refractivity contribution in [3.63, 3.8) is 0 Å². The van der Waals surface area contributed by atoms with E-state index in [1.54, 1.807) is 11.3 Å². The number of carbonyl (C=O) groups excluding carboxylic acids is 1. The number of aromatic nitrogens is 1. The molecule has 1 aromatic rings. The van der Waals surface area contributed by atoms with E-state index < -0.39 is 0 Å². The SMILES string of the molecule is CCOC(=O)C1CCc2sc(NC3CCSC3)nc21. The lowest BCUT2D eigenvalue weighted by Gasteiger charge is -2.10. The highest BCUT2D eigenvalue weighted by atomic mass is 32.2. The molecule has 2 unspecified atom stereocenters. The van der Waals surface area contributed by atoms with E-state index >= 15 is 0 Å². The molecule has 1 aromatic heterocycles. The van der Waals surface area contributed by atoms with E-state index in [1.165, 1.54) is 17.1 Å². The summed E-state index contributed by atoms with van der Waals surface area (Å²) in [5.74, 6) is 2.13. The molecule has 104 valence electrons. The molecule has 19 heavy (non-hydrogen) atoms. The molecule has 2 aliphatic rings. The molecule has 2 heterocycles. The van der Waals surface area contributed by atoms with Crippen molar-refractivity contribution in [1.82, 2.24) is 4.98 Å². The normalized spacial score (nSPS) is 25.3. The minimum Gasteiger partial charge on any atom is -0.465 e. The van der Waals surface area contributed by atoms with Crippen LogP contribution >= 0.6 is 23.1 Å². The lowest BCUT2D eigenvalue weighted by molar-refractivity contribution is -0.145. The number of thiazole rings is 1. The molecule has 6 heteroatoms. The fourth-order valence-electron chi connectivity index (χ4n) is 2.58. The fraction of sp³-hybridized carbons (Fsp3) is 0.692. The highest BCUT2D eigenvalue weighted by molar-refractivity contribution is 7.99. The lowest BCUT2D eigenvalue weighted by atomic mass is 10.1. The van der Waals surface area contributed by atoms with E-state index in [4.69, 9.17) is 4.74 Å². The molecular formula is C13H18N2O2S2. The van der Waals surface area contributed by atoms with Crippen LogP contribution in [0.4, 0.5) is 5.13 Å². The maximum Gasteiger partial charge on any atom is 0.315 e. The third-order valence-corrected chi connectivity index (χ3v) is 5.77. The third-order valence-electron chi connectivity index (χ3n) is 3.55. The van der Waals surface area contributed by atoms with Crippen LogP contribution < -0.4 is 5.32 Å². The Balaban J connectivity index is 1.70. The van der Waals surface area contributed by atoms with Gasteiger partial charge in [0.05, 0.1) is 12.3 Å². The summed E-state index contributed by atoms with van der Waals surface area (Å²) in [6, 6.07) is 0.539. The molecule has 1 aliphatic heterocycles. The van der Waals surface area contributed by atoms with Gasteiger partial charge in [0.1, 0.15) is 5.92 Å². The number of rotatable bonds is 4. The van der Waals surface area contributed by atoms with Crippen LogP contribution in [0.5, 0.6) is 0 Å². The van der Waals surface area contributed by atoms with Crippen molar-refractivity contribution in [2.24, 2.45) is 0 Å². The van der Waals surface area contributed by atoms with Crippen molar-refractivity contribution in [3.05, 3.63) is 10.6 Å². The van der Waals surface area contributed by atoms with Crippen molar-refractivity contribution >= 4 is 34.2 Å². The summed E-state index contributed by atoms with van der Waals surface area (Å²) < 4.78 is 5.13. The summed E-state index contributed by atoms with van der Waals surface area (Å²) in [5.41, 5.74) is 0.955. The molecule has 1 N–H and O–H groups in total. The van der Waals surface area contributed by atoms with Crippen molar-refractivity contribution in [3.8, 4) is 0 Å². The van der Waals surface area contributed by atoms with Crippen LogP contribution in [0, 0.1) is 0 Å². The largest absolute Gasteiger partial charge is 0.465 e. The molecular weight excluding hydrogens is 280 g/mol. The van der Waals surface area contributed by atoms with Crippen LogP contribution in [-0.2, 0) is 16.0 Å². The van der Waals surface area contributed by atoms with Crippen molar-refractivity contribution in [2.75, 3.05) is 23.4 Å². The van der Waals surface area contributed by atoms with E-state index in [0.717, 1.165) is 29.4 Å². The first kappa shape index (κ1) is 13.2. The van der Waals surface area contributed by atoms with E-state index in [9.17, 15) is 4.79 Å². The van der Waals surface area contributed by atoms with Gasteiger partial charge >= 0.3 is 5.97 Å². The molecule has 0 bridgehead atoms. The van der Waals surface area contributed by atoms with Crippen LogP contribution in [0.1, 0.15) is 36.3 Å². The number of hydrogen-bond acceptors (Lipinski definition) is 6. The summed E-state index contributed by atoms with van der Waals surface area (Å²) in [4.78, 5) is 17.8. The second-order valence-corrected chi connectivity index (χ2v) is 7.11. The van der Waals surface area contributed by atoms with Gasteiger partial charge in [0.15, 0.2) is 5.13 Å². The number of carbonyl (C=O) groups is 1. The Morgan fingerprint density at radius 3 is 3.16 bits per heavy atom. The Bertz CT molecular complexity index is 469. The number of nitrogens with one attached hydrogen (secondary N) is 1. The average Bonchev–Trinajstić information content (AvgIpc) is 3.05. The molecule has 0 amide bonds. The average molecular weight is 298 g/mol. The predicted octanol–water partition coefficient (Wildman–Crippen LogP) is 2.65. The third kappa shape index (κ3) is 2.74. The van der Waals surface area contributed by atoms with E-state index in [-0.39, 0.29) is 11.9 Å². The molecule has 4 nitrogen and oxygen atoms in total. The van der Waals surface area contributed by atoms with Crippen LogP contribution in [0.3, 0.4) is 0 Å². The smallest absolute Gasteiger partial charge is 0.315 e.